The van der Waals surface area contributed by atoms with Crippen molar-refractivity contribution in [3.63, 3.8) is 0 Å². The Morgan fingerprint density at radius 2 is 2.27 bits per heavy atom. The van der Waals surface area contributed by atoms with Crippen LogP contribution in [-0.2, 0) is 4.79 Å². The summed E-state index contributed by atoms with van der Waals surface area (Å²) < 4.78 is 0. The first-order valence-electron chi connectivity index (χ1n) is 2.90. The Balaban J connectivity index is 3.02. The van der Waals surface area contributed by atoms with Gasteiger partial charge in [-0.3, -0.25) is 9.89 Å². The summed E-state index contributed by atoms with van der Waals surface area (Å²) in [6.45, 7) is 1.61. The van der Waals surface area contributed by atoms with Crippen molar-refractivity contribution in [2.24, 2.45) is 0 Å². The molecule has 0 fully saturated rings. The molecule has 0 aromatic carbocycles. The summed E-state index contributed by atoms with van der Waals surface area (Å²) in [6, 6.07) is 0. The molecule has 0 amide bonds. The van der Waals surface area contributed by atoms with Gasteiger partial charge in [-0.2, -0.15) is 5.10 Å². The number of nitrogens with one attached hydrogen (secondary N) is 1. The SMILES string of the molecule is Cc1cn[nH]c1C(=O)C(=O)O. The Morgan fingerprint density at radius 1 is 1.64 bits per heavy atom. The van der Waals surface area contributed by atoms with E-state index in [0.717, 1.165) is 0 Å². The van der Waals surface area contributed by atoms with Crippen LogP contribution in [0.3, 0.4) is 0 Å². The quantitative estimate of drug-likeness (QED) is 0.463. The highest BCUT2D eigenvalue weighted by atomic mass is 16.4. The Kier molecular flexibility index (Phi) is 1.72. The number of ketones is 1. The number of rotatable bonds is 2. The lowest BCUT2D eigenvalue weighted by Crippen LogP contribution is -2.14. The largest absolute Gasteiger partial charge is 0.475 e. The molecule has 0 saturated heterocycles. The van der Waals surface area contributed by atoms with Crippen LogP contribution in [0.5, 0.6) is 0 Å². The summed E-state index contributed by atoms with van der Waals surface area (Å²) in [5, 5.41) is 14.1. The third kappa shape index (κ3) is 1.26. The molecule has 1 heterocycles. The highest BCUT2D eigenvalue weighted by Crippen LogP contribution is 2.02. The number of nitrogens with zero attached hydrogens (tertiary/aromatic N) is 1. The van der Waals surface area contributed by atoms with Gasteiger partial charge >= 0.3 is 5.97 Å². The van der Waals surface area contributed by atoms with Gasteiger partial charge in [0.2, 0.25) is 0 Å². The summed E-state index contributed by atoms with van der Waals surface area (Å²) in [5.74, 6) is -2.43. The number of aromatic amines is 1. The zero-order valence-electron chi connectivity index (χ0n) is 5.79. The van der Waals surface area contributed by atoms with Crippen LogP contribution < -0.4 is 0 Å². The van der Waals surface area contributed by atoms with Crippen molar-refractivity contribution in [3.05, 3.63) is 17.5 Å². The maximum Gasteiger partial charge on any atom is 0.378 e. The molecule has 0 atom stereocenters. The Bertz CT molecular complexity index is 303. The van der Waals surface area contributed by atoms with Gasteiger partial charge in [-0.15, -0.1) is 0 Å². The van der Waals surface area contributed by atoms with E-state index in [1.807, 2.05) is 0 Å². The third-order valence-corrected chi connectivity index (χ3v) is 1.25. The van der Waals surface area contributed by atoms with Crippen molar-refractivity contribution in [2.75, 3.05) is 0 Å². The highest BCUT2D eigenvalue weighted by Gasteiger charge is 2.17. The molecule has 11 heavy (non-hydrogen) atoms. The van der Waals surface area contributed by atoms with E-state index in [1.54, 1.807) is 6.92 Å². The number of carboxylic acids is 1. The van der Waals surface area contributed by atoms with Gasteiger partial charge in [0.1, 0.15) is 5.69 Å². The molecule has 0 bridgehead atoms. The molecule has 0 saturated carbocycles. The number of carbonyl (C=O) groups excluding carboxylic acids is 1. The molecular formula is C6H6N2O3. The van der Waals surface area contributed by atoms with Gasteiger partial charge in [0.25, 0.3) is 5.78 Å². The fourth-order valence-electron chi connectivity index (χ4n) is 0.683. The molecule has 1 aromatic rings. The molecule has 0 unspecified atom stereocenters. The van der Waals surface area contributed by atoms with Gasteiger partial charge in [0.05, 0.1) is 6.20 Å². The van der Waals surface area contributed by atoms with Crippen molar-refractivity contribution in [3.8, 4) is 0 Å². The Morgan fingerprint density at radius 3 is 2.64 bits per heavy atom. The zero-order chi connectivity index (χ0) is 8.43. The molecule has 0 spiro atoms. The van der Waals surface area contributed by atoms with Crippen molar-refractivity contribution in [1.29, 1.82) is 0 Å². The van der Waals surface area contributed by atoms with E-state index >= 15 is 0 Å². The monoisotopic (exact) mass is 154 g/mol. The van der Waals surface area contributed by atoms with E-state index < -0.39 is 11.8 Å². The van der Waals surface area contributed by atoms with E-state index in [4.69, 9.17) is 5.11 Å². The molecule has 5 heteroatoms. The van der Waals surface area contributed by atoms with E-state index in [1.165, 1.54) is 6.20 Å². The first-order valence-corrected chi connectivity index (χ1v) is 2.90. The molecule has 0 radical (unpaired) electrons. The summed E-state index contributed by atoms with van der Waals surface area (Å²) in [7, 11) is 0. The number of carbonyl (C=O) groups is 2. The van der Waals surface area contributed by atoms with Crippen LogP contribution in [0.2, 0.25) is 0 Å². The lowest BCUT2D eigenvalue weighted by atomic mass is 10.2. The van der Waals surface area contributed by atoms with Crippen molar-refractivity contribution < 1.29 is 14.7 Å². The maximum absolute atomic E-state index is 10.8. The molecule has 2 N–H and O–H groups in total. The van der Waals surface area contributed by atoms with Gasteiger partial charge < -0.3 is 5.11 Å². The third-order valence-electron chi connectivity index (χ3n) is 1.25. The molecule has 0 aliphatic carbocycles. The average Bonchev–Trinajstić information content (AvgIpc) is 2.33. The predicted octanol–water partition coefficient (Wildman–Crippen LogP) is -0.0146. The minimum atomic E-state index is -1.47. The van der Waals surface area contributed by atoms with Gasteiger partial charge in [0.15, 0.2) is 0 Å². The molecule has 0 aliphatic rings. The molecule has 0 aliphatic heterocycles. The fourth-order valence-corrected chi connectivity index (χ4v) is 0.683. The molecule has 1 rings (SSSR count). The smallest absolute Gasteiger partial charge is 0.378 e. The van der Waals surface area contributed by atoms with Crippen LogP contribution >= 0.6 is 0 Å². The van der Waals surface area contributed by atoms with Crippen molar-refractivity contribution in [1.82, 2.24) is 10.2 Å². The average molecular weight is 154 g/mol. The topological polar surface area (TPSA) is 83.0 Å². The number of hydrogen-bond acceptors (Lipinski definition) is 3. The summed E-state index contributed by atoms with van der Waals surface area (Å²) in [6.07, 6.45) is 1.40. The molecule has 58 valence electrons. The highest BCUT2D eigenvalue weighted by molar-refractivity contribution is 6.39. The van der Waals surface area contributed by atoms with Crippen LogP contribution in [0, 0.1) is 6.92 Å². The number of Topliss-reactive ketones (excluding diaryl/α,β-unsaturated/α-hetero) is 1. The normalized spacial score (nSPS) is 9.55. The minimum absolute atomic E-state index is 0.0394. The first-order chi connectivity index (χ1) is 5.13. The Hall–Kier alpha value is -1.65. The van der Waals surface area contributed by atoms with Gasteiger partial charge in [-0.25, -0.2) is 4.79 Å². The van der Waals surface area contributed by atoms with Gasteiger partial charge in [0, 0.05) is 0 Å². The van der Waals surface area contributed by atoms with Crippen LogP contribution in [-0.4, -0.2) is 27.1 Å². The van der Waals surface area contributed by atoms with E-state index in [2.05, 4.69) is 10.2 Å². The molecule has 5 nitrogen and oxygen atoms in total. The molecule has 1 aromatic heterocycles. The van der Waals surface area contributed by atoms with Crippen LogP contribution in [0.25, 0.3) is 0 Å². The van der Waals surface area contributed by atoms with Crippen LogP contribution in [0.4, 0.5) is 0 Å². The van der Waals surface area contributed by atoms with Crippen molar-refractivity contribution >= 4 is 11.8 Å². The summed E-state index contributed by atoms with van der Waals surface area (Å²) in [4.78, 5) is 20.9. The number of aliphatic carboxylic acids is 1. The fraction of sp³-hybridized carbons (Fsp3) is 0.167. The van der Waals surface area contributed by atoms with Crippen LogP contribution in [0.1, 0.15) is 16.1 Å². The van der Waals surface area contributed by atoms with E-state index in [0.29, 0.717) is 5.56 Å². The number of carboxylic acid groups (broad SMARTS) is 1. The lowest BCUT2D eigenvalue weighted by molar-refractivity contribution is -0.131. The number of H-pyrrole nitrogens is 1. The first kappa shape index (κ1) is 7.46. The van der Waals surface area contributed by atoms with Crippen LogP contribution in [0.15, 0.2) is 6.20 Å². The summed E-state index contributed by atoms with van der Waals surface area (Å²) >= 11 is 0. The number of hydrogen-bond donors (Lipinski definition) is 2. The van der Waals surface area contributed by atoms with E-state index in [-0.39, 0.29) is 5.69 Å². The maximum atomic E-state index is 10.8. The zero-order valence-corrected chi connectivity index (χ0v) is 5.79. The van der Waals surface area contributed by atoms with E-state index in [9.17, 15) is 9.59 Å². The standard InChI is InChI=1S/C6H6N2O3/c1-3-2-7-8-4(3)5(9)6(10)11/h2H,1H3,(H,7,8)(H,10,11). The second kappa shape index (κ2) is 2.53. The minimum Gasteiger partial charge on any atom is -0.475 e. The second-order valence-corrected chi connectivity index (χ2v) is 2.06. The predicted molar refractivity (Wildman–Crippen MR) is 35.3 cm³/mol. The van der Waals surface area contributed by atoms with Gasteiger partial charge in [-0.05, 0) is 12.5 Å². The number of aromatic nitrogens is 2. The van der Waals surface area contributed by atoms with Gasteiger partial charge in [-0.1, -0.05) is 0 Å². The molecular weight excluding hydrogens is 148 g/mol. The second-order valence-electron chi connectivity index (χ2n) is 2.06. The summed E-state index contributed by atoms with van der Waals surface area (Å²) in [5.41, 5.74) is 0.579. The van der Waals surface area contributed by atoms with Crippen molar-refractivity contribution in [2.45, 2.75) is 6.92 Å². The Labute approximate surface area is 62.0 Å². The number of aryl methyl sites for hydroxylation is 1. The lowest BCUT2D eigenvalue weighted by Gasteiger charge is -1.89.